The monoisotopic (exact) mass is 278 g/mol. The summed E-state index contributed by atoms with van der Waals surface area (Å²) in [5.74, 6) is 0.0275. The van der Waals surface area contributed by atoms with Crippen molar-refractivity contribution in [3.63, 3.8) is 0 Å². The molecule has 0 radical (unpaired) electrons. The minimum Gasteiger partial charge on any atom is -0.491 e. The molecular weight excluding hydrogens is 261 g/mol. The van der Waals surface area contributed by atoms with E-state index < -0.39 is 24.5 Å². The summed E-state index contributed by atoms with van der Waals surface area (Å²) in [5, 5.41) is 17.7. The Morgan fingerprint density at radius 2 is 2.00 bits per heavy atom. The molecule has 1 unspecified atom stereocenters. The van der Waals surface area contributed by atoms with Crippen molar-refractivity contribution in [2.45, 2.75) is 32.0 Å². The molecule has 1 rings (SSSR count). The Kier molecular flexibility index (Phi) is 5.62. The van der Waals surface area contributed by atoms with Gasteiger partial charge in [-0.05, 0) is 24.1 Å². The van der Waals surface area contributed by atoms with E-state index in [2.05, 4.69) is 0 Å². The number of hydrogen-bond acceptors (Lipinski definition) is 3. The zero-order chi connectivity index (χ0) is 14.5. The largest absolute Gasteiger partial charge is 0.491 e. The van der Waals surface area contributed by atoms with Crippen LogP contribution in [0.15, 0.2) is 18.2 Å². The van der Waals surface area contributed by atoms with Crippen molar-refractivity contribution in [2.24, 2.45) is 0 Å². The molecule has 1 aromatic rings. The van der Waals surface area contributed by atoms with Gasteiger partial charge in [-0.2, -0.15) is 13.2 Å². The van der Waals surface area contributed by atoms with Crippen LogP contribution in [0.1, 0.15) is 24.5 Å². The molecule has 6 heteroatoms. The van der Waals surface area contributed by atoms with Gasteiger partial charge < -0.3 is 14.9 Å². The highest BCUT2D eigenvalue weighted by atomic mass is 19.4. The summed E-state index contributed by atoms with van der Waals surface area (Å²) in [4.78, 5) is 0. The van der Waals surface area contributed by atoms with Gasteiger partial charge in [0.2, 0.25) is 0 Å². The van der Waals surface area contributed by atoms with Gasteiger partial charge in [0.1, 0.15) is 18.5 Å². The van der Waals surface area contributed by atoms with Gasteiger partial charge >= 0.3 is 6.18 Å². The smallest absolute Gasteiger partial charge is 0.416 e. The lowest BCUT2D eigenvalue weighted by Gasteiger charge is -2.15. The molecule has 3 nitrogen and oxygen atoms in total. The predicted octanol–water partition coefficient (Wildman–Crippen LogP) is 2.39. The van der Waals surface area contributed by atoms with Crippen molar-refractivity contribution >= 4 is 0 Å². The summed E-state index contributed by atoms with van der Waals surface area (Å²) in [7, 11) is 0. The van der Waals surface area contributed by atoms with Crippen molar-refractivity contribution in [1.29, 1.82) is 0 Å². The fraction of sp³-hybridized carbons (Fsp3) is 0.538. The minimum absolute atomic E-state index is 0.0275. The fourth-order valence-electron chi connectivity index (χ4n) is 1.64. The van der Waals surface area contributed by atoms with Gasteiger partial charge in [-0.25, -0.2) is 0 Å². The predicted molar refractivity (Wildman–Crippen MR) is 64.0 cm³/mol. The second-order valence-corrected chi connectivity index (χ2v) is 4.21. The van der Waals surface area contributed by atoms with Gasteiger partial charge in [-0.3, -0.25) is 0 Å². The molecule has 1 aromatic carbocycles. The number of aryl methyl sites for hydroxylation is 1. The quantitative estimate of drug-likeness (QED) is 0.840. The average Bonchev–Trinajstić information content (AvgIpc) is 2.36. The van der Waals surface area contributed by atoms with Crippen LogP contribution in [0.25, 0.3) is 0 Å². The fourth-order valence-corrected chi connectivity index (χ4v) is 1.64. The van der Waals surface area contributed by atoms with E-state index in [-0.39, 0.29) is 17.9 Å². The first kappa shape index (κ1) is 15.8. The maximum Gasteiger partial charge on any atom is 0.416 e. The number of rotatable bonds is 6. The Morgan fingerprint density at radius 3 is 2.53 bits per heavy atom. The van der Waals surface area contributed by atoms with Crippen LogP contribution in [0.3, 0.4) is 0 Å². The van der Waals surface area contributed by atoms with Crippen molar-refractivity contribution in [3.05, 3.63) is 29.3 Å². The number of hydrogen-bond donors (Lipinski definition) is 2. The molecule has 0 heterocycles. The SMILES string of the molecule is CCCc1ccc(OCC(O)CO)cc1C(F)(F)F. The molecule has 0 fully saturated rings. The number of ether oxygens (including phenoxy) is 1. The molecular formula is C13H17F3O3. The molecule has 108 valence electrons. The highest BCUT2D eigenvalue weighted by molar-refractivity contribution is 5.37. The van der Waals surface area contributed by atoms with Crippen LogP contribution in [-0.4, -0.2) is 29.5 Å². The van der Waals surface area contributed by atoms with Gasteiger partial charge in [-0.1, -0.05) is 19.4 Å². The molecule has 19 heavy (non-hydrogen) atoms. The topological polar surface area (TPSA) is 49.7 Å². The van der Waals surface area contributed by atoms with E-state index in [4.69, 9.17) is 14.9 Å². The van der Waals surface area contributed by atoms with Crippen LogP contribution < -0.4 is 4.74 Å². The van der Waals surface area contributed by atoms with Crippen LogP contribution in [-0.2, 0) is 12.6 Å². The van der Waals surface area contributed by atoms with Crippen LogP contribution in [0.5, 0.6) is 5.75 Å². The molecule has 0 bridgehead atoms. The Balaban J connectivity index is 2.92. The van der Waals surface area contributed by atoms with Gasteiger partial charge in [-0.15, -0.1) is 0 Å². The van der Waals surface area contributed by atoms with Crippen molar-refractivity contribution in [3.8, 4) is 5.75 Å². The van der Waals surface area contributed by atoms with Crippen LogP contribution in [0.4, 0.5) is 13.2 Å². The molecule has 0 aliphatic rings. The molecule has 0 aliphatic heterocycles. The summed E-state index contributed by atoms with van der Waals surface area (Å²) in [6.45, 7) is 1.06. The summed E-state index contributed by atoms with van der Waals surface area (Å²) in [6, 6.07) is 3.74. The zero-order valence-corrected chi connectivity index (χ0v) is 10.6. The van der Waals surface area contributed by atoms with Crippen molar-refractivity contribution in [1.82, 2.24) is 0 Å². The number of halogens is 3. The third-order valence-electron chi connectivity index (χ3n) is 2.56. The Morgan fingerprint density at radius 1 is 1.32 bits per heavy atom. The molecule has 0 saturated heterocycles. The molecule has 0 saturated carbocycles. The molecule has 2 N–H and O–H groups in total. The van der Waals surface area contributed by atoms with Gasteiger partial charge in [0.25, 0.3) is 0 Å². The minimum atomic E-state index is -4.43. The molecule has 0 amide bonds. The van der Waals surface area contributed by atoms with E-state index >= 15 is 0 Å². The van der Waals surface area contributed by atoms with E-state index in [1.54, 1.807) is 0 Å². The van der Waals surface area contributed by atoms with Crippen LogP contribution in [0.2, 0.25) is 0 Å². The highest BCUT2D eigenvalue weighted by Gasteiger charge is 2.33. The number of benzene rings is 1. The normalized spacial score (nSPS) is 13.4. The Bertz CT molecular complexity index is 405. The van der Waals surface area contributed by atoms with Crippen LogP contribution in [0, 0.1) is 0 Å². The third kappa shape index (κ3) is 4.72. The first-order chi connectivity index (χ1) is 8.88. The summed E-state index contributed by atoms with van der Waals surface area (Å²) in [6.07, 6.45) is -4.58. The van der Waals surface area contributed by atoms with Crippen molar-refractivity contribution < 1.29 is 28.1 Å². The van der Waals surface area contributed by atoms with E-state index in [0.717, 1.165) is 6.07 Å². The molecule has 0 aromatic heterocycles. The first-order valence-corrected chi connectivity index (χ1v) is 6.00. The van der Waals surface area contributed by atoms with Crippen molar-refractivity contribution in [2.75, 3.05) is 13.2 Å². The zero-order valence-electron chi connectivity index (χ0n) is 10.6. The standard InChI is InChI=1S/C13H17F3O3/c1-2-3-9-4-5-11(19-8-10(18)7-17)6-12(9)13(14,15)16/h4-6,10,17-18H,2-3,7-8H2,1H3. The Hall–Kier alpha value is -1.27. The maximum atomic E-state index is 12.9. The second-order valence-electron chi connectivity index (χ2n) is 4.21. The average molecular weight is 278 g/mol. The Labute approximate surface area is 109 Å². The summed E-state index contributed by atoms with van der Waals surface area (Å²) < 4.78 is 43.6. The van der Waals surface area contributed by atoms with Gasteiger partial charge in [0.05, 0.1) is 12.2 Å². The van der Waals surface area contributed by atoms with Gasteiger partial charge in [0.15, 0.2) is 0 Å². The summed E-state index contributed by atoms with van der Waals surface area (Å²) in [5.41, 5.74) is -0.490. The molecule has 1 atom stereocenters. The second kappa shape index (κ2) is 6.77. The van der Waals surface area contributed by atoms with Gasteiger partial charge in [0, 0.05) is 0 Å². The lowest BCUT2D eigenvalue weighted by molar-refractivity contribution is -0.138. The number of aliphatic hydroxyl groups is 2. The summed E-state index contributed by atoms with van der Waals surface area (Å²) >= 11 is 0. The maximum absolute atomic E-state index is 12.9. The van der Waals surface area contributed by atoms with E-state index in [1.807, 2.05) is 6.92 Å². The lowest BCUT2D eigenvalue weighted by atomic mass is 10.0. The molecule has 0 aliphatic carbocycles. The van der Waals surface area contributed by atoms with E-state index in [0.29, 0.717) is 12.8 Å². The van der Waals surface area contributed by atoms with E-state index in [1.165, 1.54) is 12.1 Å². The van der Waals surface area contributed by atoms with E-state index in [9.17, 15) is 13.2 Å². The highest BCUT2D eigenvalue weighted by Crippen LogP contribution is 2.35. The number of aliphatic hydroxyl groups excluding tert-OH is 2. The molecule has 0 spiro atoms. The number of alkyl halides is 3. The third-order valence-corrected chi connectivity index (χ3v) is 2.56. The first-order valence-electron chi connectivity index (χ1n) is 6.00. The van der Waals surface area contributed by atoms with Crippen LogP contribution >= 0.6 is 0 Å². The lowest BCUT2D eigenvalue weighted by Crippen LogP contribution is -2.21.